The highest BCUT2D eigenvalue weighted by molar-refractivity contribution is 5.68. The second-order valence-corrected chi connectivity index (χ2v) is 3.83. The Morgan fingerprint density at radius 1 is 1.29 bits per heavy atom. The average Bonchev–Trinajstić information content (AvgIpc) is 2.39. The molecular formula is C13H11FN2O. The van der Waals surface area contributed by atoms with Gasteiger partial charge in [-0.3, -0.25) is 0 Å². The average molecular weight is 230 g/mol. The summed E-state index contributed by atoms with van der Waals surface area (Å²) in [5.74, 6) is 1.14. The highest BCUT2D eigenvalue weighted by Crippen LogP contribution is 2.31. The van der Waals surface area contributed by atoms with E-state index < -0.39 is 0 Å². The molecule has 0 aliphatic carbocycles. The van der Waals surface area contributed by atoms with E-state index in [0.717, 1.165) is 17.9 Å². The number of hydrogen-bond acceptors (Lipinski definition) is 3. The Morgan fingerprint density at radius 2 is 2.18 bits per heavy atom. The Bertz CT molecular complexity index is 557. The lowest BCUT2D eigenvalue weighted by molar-refractivity contribution is 0.321. The molecule has 0 atom stereocenters. The first-order valence-corrected chi connectivity index (χ1v) is 5.46. The SMILES string of the molecule is Fc1ccccc1-c1cnc2c(c1)OCCN2. The van der Waals surface area contributed by atoms with Crippen molar-refractivity contribution in [1.29, 1.82) is 0 Å². The summed E-state index contributed by atoms with van der Waals surface area (Å²) in [6.07, 6.45) is 1.65. The molecule has 0 spiro atoms. The van der Waals surface area contributed by atoms with E-state index in [1.165, 1.54) is 6.07 Å². The number of fused-ring (bicyclic) bond motifs is 1. The summed E-state index contributed by atoms with van der Waals surface area (Å²) in [7, 11) is 0. The maximum Gasteiger partial charge on any atom is 0.168 e. The minimum absolute atomic E-state index is 0.252. The molecule has 3 nitrogen and oxygen atoms in total. The molecule has 0 unspecified atom stereocenters. The maximum atomic E-state index is 13.6. The molecule has 4 heteroatoms. The molecule has 0 radical (unpaired) electrons. The molecule has 2 aromatic rings. The van der Waals surface area contributed by atoms with Gasteiger partial charge in [-0.2, -0.15) is 0 Å². The van der Waals surface area contributed by atoms with Gasteiger partial charge in [0.2, 0.25) is 0 Å². The first-order chi connectivity index (χ1) is 8.34. The molecule has 1 aliphatic rings. The molecule has 0 fully saturated rings. The van der Waals surface area contributed by atoms with Gasteiger partial charge in [0.15, 0.2) is 11.6 Å². The van der Waals surface area contributed by atoms with Crippen LogP contribution in [0.2, 0.25) is 0 Å². The van der Waals surface area contributed by atoms with E-state index >= 15 is 0 Å². The number of pyridine rings is 1. The summed E-state index contributed by atoms with van der Waals surface area (Å²) in [5, 5.41) is 3.13. The number of nitrogens with zero attached hydrogens (tertiary/aromatic N) is 1. The molecule has 1 aliphatic heterocycles. The van der Waals surface area contributed by atoms with Crippen LogP contribution in [0.15, 0.2) is 36.5 Å². The monoisotopic (exact) mass is 230 g/mol. The molecule has 1 N–H and O–H groups in total. The van der Waals surface area contributed by atoms with E-state index in [4.69, 9.17) is 4.74 Å². The van der Waals surface area contributed by atoms with Gasteiger partial charge in [-0.1, -0.05) is 18.2 Å². The lowest BCUT2D eigenvalue weighted by Crippen LogP contribution is -2.18. The van der Waals surface area contributed by atoms with Crippen LogP contribution in [0.4, 0.5) is 10.2 Å². The first kappa shape index (κ1) is 10.1. The number of anilines is 1. The van der Waals surface area contributed by atoms with Crippen molar-refractivity contribution >= 4 is 5.82 Å². The third-order valence-electron chi connectivity index (χ3n) is 2.69. The minimum Gasteiger partial charge on any atom is -0.488 e. The quantitative estimate of drug-likeness (QED) is 0.817. The summed E-state index contributed by atoms with van der Waals surface area (Å²) >= 11 is 0. The van der Waals surface area contributed by atoms with Crippen LogP contribution < -0.4 is 10.1 Å². The van der Waals surface area contributed by atoms with Crippen molar-refractivity contribution in [2.24, 2.45) is 0 Å². The van der Waals surface area contributed by atoms with Gasteiger partial charge >= 0.3 is 0 Å². The van der Waals surface area contributed by atoms with Gasteiger partial charge < -0.3 is 10.1 Å². The molecule has 0 saturated carbocycles. The van der Waals surface area contributed by atoms with Gasteiger partial charge in [0.25, 0.3) is 0 Å². The number of halogens is 1. The van der Waals surface area contributed by atoms with Crippen LogP contribution in [-0.2, 0) is 0 Å². The Balaban J connectivity index is 2.07. The summed E-state index contributed by atoms with van der Waals surface area (Å²) < 4.78 is 19.1. The number of rotatable bonds is 1. The Kier molecular flexibility index (Phi) is 2.40. The van der Waals surface area contributed by atoms with Gasteiger partial charge in [0.05, 0.1) is 6.54 Å². The summed E-state index contributed by atoms with van der Waals surface area (Å²) in [5.41, 5.74) is 1.27. The molecule has 17 heavy (non-hydrogen) atoms. The van der Waals surface area contributed by atoms with Crippen molar-refractivity contribution in [2.45, 2.75) is 0 Å². The molecule has 2 heterocycles. The lowest BCUT2D eigenvalue weighted by atomic mass is 10.1. The maximum absolute atomic E-state index is 13.6. The summed E-state index contributed by atoms with van der Waals surface area (Å²) in [4.78, 5) is 4.23. The lowest BCUT2D eigenvalue weighted by Gasteiger charge is -2.18. The minimum atomic E-state index is -0.252. The smallest absolute Gasteiger partial charge is 0.168 e. The zero-order chi connectivity index (χ0) is 11.7. The third-order valence-corrected chi connectivity index (χ3v) is 2.69. The van der Waals surface area contributed by atoms with Gasteiger partial charge in [-0.15, -0.1) is 0 Å². The van der Waals surface area contributed by atoms with Crippen LogP contribution >= 0.6 is 0 Å². The van der Waals surface area contributed by atoms with Crippen LogP contribution in [0, 0.1) is 5.82 Å². The van der Waals surface area contributed by atoms with Crippen molar-refractivity contribution in [1.82, 2.24) is 4.98 Å². The van der Waals surface area contributed by atoms with Crippen molar-refractivity contribution in [3.05, 3.63) is 42.3 Å². The standard InChI is InChI=1S/C13H11FN2O/c14-11-4-2-1-3-10(11)9-7-12-13(16-8-9)15-5-6-17-12/h1-4,7-8H,5-6H2,(H,15,16). The number of nitrogens with one attached hydrogen (secondary N) is 1. The highest BCUT2D eigenvalue weighted by atomic mass is 19.1. The number of aromatic nitrogens is 1. The molecular weight excluding hydrogens is 219 g/mol. The van der Waals surface area contributed by atoms with Gasteiger partial charge in [-0.25, -0.2) is 9.37 Å². The predicted octanol–water partition coefficient (Wildman–Crippen LogP) is 2.69. The van der Waals surface area contributed by atoms with Crippen molar-refractivity contribution in [2.75, 3.05) is 18.5 Å². The Labute approximate surface area is 98.3 Å². The number of benzene rings is 1. The molecule has 1 aromatic carbocycles. The summed E-state index contributed by atoms with van der Waals surface area (Å²) in [6, 6.07) is 8.45. The molecule has 0 saturated heterocycles. The number of ether oxygens (including phenoxy) is 1. The van der Waals surface area contributed by atoms with Crippen molar-refractivity contribution < 1.29 is 9.13 Å². The van der Waals surface area contributed by atoms with Gasteiger partial charge in [0.1, 0.15) is 12.4 Å². The van der Waals surface area contributed by atoms with E-state index in [1.54, 1.807) is 24.4 Å². The zero-order valence-electron chi connectivity index (χ0n) is 9.11. The summed E-state index contributed by atoms with van der Waals surface area (Å²) in [6.45, 7) is 1.36. The highest BCUT2D eigenvalue weighted by Gasteiger charge is 2.13. The second-order valence-electron chi connectivity index (χ2n) is 3.83. The van der Waals surface area contributed by atoms with Crippen LogP contribution in [0.3, 0.4) is 0 Å². The van der Waals surface area contributed by atoms with E-state index in [9.17, 15) is 4.39 Å². The van der Waals surface area contributed by atoms with E-state index in [0.29, 0.717) is 17.9 Å². The number of hydrogen-bond donors (Lipinski definition) is 1. The van der Waals surface area contributed by atoms with Crippen LogP contribution in [0.5, 0.6) is 5.75 Å². The van der Waals surface area contributed by atoms with Crippen molar-refractivity contribution in [3.63, 3.8) is 0 Å². The Hall–Kier alpha value is -2.10. The van der Waals surface area contributed by atoms with Gasteiger partial charge in [0, 0.05) is 17.3 Å². The zero-order valence-corrected chi connectivity index (χ0v) is 9.11. The van der Waals surface area contributed by atoms with Crippen molar-refractivity contribution in [3.8, 4) is 16.9 Å². The van der Waals surface area contributed by atoms with Crippen LogP contribution in [0.25, 0.3) is 11.1 Å². The third kappa shape index (κ3) is 1.82. The van der Waals surface area contributed by atoms with Crippen LogP contribution in [0.1, 0.15) is 0 Å². The van der Waals surface area contributed by atoms with E-state index in [1.807, 2.05) is 6.07 Å². The molecule has 0 bridgehead atoms. The van der Waals surface area contributed by atoms with E-state index in [2.05, 4.69) is 10.3 Å². The van der Waals surface area contributed by atoms with Crippen LogP contribution in [-0.4, -0.2) is 18.1 Å². The fraction of sp³-hybridized carbons (Fsp3) is 0.154. The topological polar surface area (TPSA) is 34.1 Å². The molecule has 0 amide bonds. The fourth-order valence-electron chi connectivity index (χ4n) is 1.86. The molecule has 1 aromatic heterocycles. The molecule has 3 rings (SSSR count). The normalized spacial score (nSPS) is 13.5. The largest absolute Gasteiger partial charge is 0.488 e. The predicted molar refractivity (Wildman–Crippen MR) is 63.6 cm³/mol. The molecule has 86 valence electrons. The first-order valence-electron chi connectivity index (χ1n) is 5.46. The fourth-order valence-corrected chi connectivity index (χ4v) is 1.86. The second kappa shape index (κ2) is 4.05. The van der Waals surface area contributed by atoms with E-state index in [-0.39, 0.29) is 5.82 Å². The van der Waals surface area contributed by atoms with Gasteiger partial charge in [-0.05, 0) is 12.1 Å². The Morgan fingerprint density at radius 3 is 3.06 bits per heavy atom.